The van der Waals surface area contributed by atoms with Crippen molar-refractivity contribution in [2.75, 3.05) is 14.2 Å². The van der Waals surface area contributed by atoms with Crippen molar-refractivity contribution in [3.05, 3.63) is 29.3 Å². The monoisotopic (exact) mass is 246 g/mol. The van der Waals surface area contributed by atoms with Crippen molar-refractivity contribution in [3.63, 3.8) is 0 Å². The van der Waals surface area contributed by atoms with Crippen LogP contribution in [0.3, 0.4) is 0 Å². The standard InChI is InChI=1S/C15H22N2O/c1-11(2)12-7-8-13(15(10-12)18-4)14(17-3)6-5-9-16/h7-8,10-11,14,17H,5-6H2,1-4H3. The number of nitrogens with one attached hydrogen (secondary N) is 1. The maximum Gasteiger partial charge on any atom is 0.123 e. The zero-order valence-electron chi connectivity index (χ0n) is 11.7. The summed E-state index contributed by atoms with van der Waals surface area (Å²) in [4.78, 5) is 0. The number of rotatable bonds is 6. The lowest BCUT2D eigenvalue weighted by Crippen LogP contribution is -2.17. The van der Waals surface area contributed by atoms with Crippen molar-refractivity contribution in [2.24, 2.45) is 0 Å². The lowest BCUT2D eigenvalue weighted by Gasteiger charge is -2.20. The Kier molecular flexibility index (Phi) is 5.67. The molecule has 0 heterocycles. The Labute approximate surface area is 110 Å². The van der Waals surface area contributed by atoms with Crippen molar-refractivity contribution in [1.82, 2.24) is 5.32 Å². The summed E-state index contributed by atoms with van der Waals surface area (Å²) in [6, 6.07) is 8.69. The number of ether oxygens (including phenoxy) is 1. The van der Waals surface area contributed by atoms with Gasteiger partial charge in [0.1, 0.15) is 5.75 Å². The maximum absolute atomic E-state index is 8.69. The summed E-state index contributed by atoms with van der Waals surface area (Å²) in [6.45, 7) is 4.33. The van der Waals surface area contributed by atoms with Gasteiger partial charge in [-0.25, -0.2) is 0 Å². The van der Waals surface area contributed by atoms with Crippen LogP contribution in [0.4, 0.5) is 0 Å². The molecule has 0 aliphatic heterocycles. The van der Waals surface area contributed by atoms with Crippen LogP contribution in [0.25, 0.3) is 0 Å². The highest BCUT2D eigenvalue weighted by Gasteiger charge is 2.15. The molecular formula is C15H22N2O. The van der Waals surface area contributed by atoms with E-state index in [0.717, 1.165) is 17.7 Å². The van der Waals surface area contributed by atoms with Crippen molar-refractivity contribution >= 4 is 0 Å². The number of hydrogen-bond acceptors (Lipinski definition) is 3. The number of nitrogens with zero attached hydrogens (tertiary/aromatic N) is 1. The minimum absolute atomic E-state index is 0.167. The Morgan fingerprint density at radius 2 is 2.11 bits per heavy atom. The first-order chi connectivity index (χ1) is 8.63. The highest BCUT2D eigenvalue weighted by Crippen LogP contribution is 2.31. The van der Waals surface area contributed by atoms with E-state index >= 15 is 0 Å². The van der Waals surface area contributed by atoms with Crippen LogP contribution in [0.15, 0.2) is 18.2 Å². The van der Waals surface area contributed by atoms with E-state index < -0.39 is 0 Å². The average molecular weight is 246 g/mol. The molecule has 1 N–H and O–H groups in total. The normalized spacial score (nSPS) is 12.2. The summed E-state index contributed by atoms with van der Waals surface area (Å²) in [7, 11) is 3.61. The van der Waals surface area contributed by atoms with Crippen LogP contribution >= 0.6 is 0 Å². The molecule has 0 saturated carbocycles. The fourth-order valence-electron chi connectivity index (χ4n) is 2.04. The van der Waals surface area contributed by atoms with Crippen molar-refractivity contribution in [1.29, 1.82) is 5.26 Å². The first-order valence-corrected chi connectivity index (χ1v) is 6.36. The quantitative estimate of drug-likeness (QED) is 0.837. The summed E-state index contributed by atoms with van der Waals surface area (Å²) >= 11 is 0. The van der Waals surface area contributed by atoms with E-state index in [1.807, 2.05) is 7.05 Å². The SMILES string of the molecule is CNC(CCC#N)c1ccc(C(C)C)cc1OC. The molecule has 1 aromatic carbocycles. The van der Waals surface area contributed by atoms with Gasteiger partial charge in [-0.15, -0.1) is 0 Å². The lowest BCUT2D eigenvalue weighted by atomic mass is 9.96. The molecule has 0 spiro atoms. The summed E-state index contributed by atoms with van der Waals surface area (Å²) in [5.74, 6) is 1.39. The largest absolute Gasteiger partial charge is 0.496 e. The molecule has 0 saturated heterocycles. The van der Waals surface area contributed by atoms with E-state index in [9.17, 15) is 0 Å². The third-order valence-corrected chi connectivity index (χ3v) is 3.19. The predicted octanol–water partition coefficient (Wildman–Crippen LogP) is 3.38. The smallest absolute Gasteiger partial charge is 0.123 e. The zero-order valence-corrected chi connectivity index (χ0v) is 11.7. The summed E-state index contributed by atoms with van der Waals surface area (Å²) < 4.78 is 5.48. The number of hydrogen-bond donors (Lipinski definition) is 1. The molecule has 3 nitrogen and oxygen atoms in total. The molecule has 0 radical (unpaired) electrons. The molecule has 0 bridgehead atoms. The maximum atomic E-state index is 8.69. The number of nitriles is 1. The van der Waals surface area contributed by atoms with Gasteiger partial charge in [0.2, 0.25) is 0 Å². The van der Waals surface area contributed by atoms with Gasteiger partial charge in [-0.05, 0) is 31.0 Å². The number of methoxy groups -OCH3 is 1. The van der Waals surface area contributed by atoms with Gasteiger partial charge >= 0.3 is 0 Å². The highest BCUT2D eigenvalue weighted by atomic mass is 16.5. The topological polar surface area (TPSA) is 45.0 Å². The van der Waals surface area contributed by atoms with E-state index in [1.165, 1.54) is 5.56 Å². The van der Waals surface area contributed by atoms with E-state index in [2.05, 4.69) is 43.4 Å². The van der Waals surface area contributed by atoms with Crippen LogP contribution in [0.2, 0.25) is 0 Å². The molecule has 3 heteroatoms. The second-order valence-electron chi connectivity index (χ2n) is 4.69. The minimum atomic E-state index is 0.167. The first-order valence-electron chi connectivity index (χ1n) is 6.36. The van der Waals surface area contributed by atoms with Crippen molar-refractivity contribution < 1.29 is 4.74 Å². The van der Waals surface area contributed by atoms with Gasteiger partial charge in [0.05, 0.1) is 13.2 Å². The van der Waals surface area contributed by atoms with E-state index in [1.54, 1.807) is 7.11 Å². The molecule has 0 amide bonds. The van der Waals surface area contributed by atoms with E-state index in [4.69, 9.17) is 10.00 Å². The molecular weight excluding hydrogens is 224 g/mol. The minimum Gasteiger partial charge on any atom is -0.496 e. The van der Waals surface area contributed by atoms with Gasteiger partial charge in [0.15, 0.2) is 0 Å². The molecule has 1 atom stereocenters. The van der Waals surface area contributed by atoms with Crippen molar-refractivity contribution in [2.45, 2.75) is 38.6 Å². The Hall–Kier alpha value is -1.53. The van der Waals surface area contributed by atoms with Gasteiger partial charge < -0.3 is 10.1 Å². The molecule has 18 heavy (non-hydrogen) atoms. The van der Waals surface area contributed by atoms with Crippen LogP contribution < -0.4 is 10.1 Å². The number of benzene rings is 1. The zero-order chi connectivity index (χ0) is 13.5. The Morgan fingerprint density at radius 3 is 2.61 bits per heavy atom. The first kappa shape index (κ1) is 14.5. The summed E-state index contributed by atoms with van der Waals surface area (Å²) in [5.41, 5.74) is 2.39. The Morgan fingerprint density at radius 1 is 1.39 bits per heavy atom. The van der Waals surface area contributed by atoms with Gasteiger partial charge in [0, 0.05) is 18.0 Å². The van der Waals surface area contributed by atoms with Gasteiger partial charge in [-0.2, -0.15) is 5.26 Å². The van der Waals surface area contributed by atoms with E-state index in [0.29, 0.717) is 12.3 Å². The second kappa shape index (κ2) is 7.03. The van der Waals surface area contributed by atoms with Gasteiger partial charge in [0.25, 0.3) is 0 Å². The van der Waals surface area contributed by atoms with Crippen LogP contribution in [-0.4, -0.2) is 14.2 Å². The molecule has 0 aromatic heterocycles. The Bertz CT molecular complexity index is 421. The van der Waals surface area contributed by atoms with Crippen LogP contribution in [0, 0.1) is 11.3 Å². The summed E-state index contributed by atoms with van der Waals surface area (Å²) in [5, 5.41) is 11.9. The molecule has 1 aromatic rings. The molecule has 0 aliphatic carbocycles. The fraction of sp³-hybridized carbons (Fsp3) is 0.533. The van der Waals surface area contributed by atoms with Crippen LogP contribution in [-0.2, 0) is 0 Å². The van der Waals surface area contributed by atoms with Gasteiger partial charge in [-0.1, -0.05) is 26.0 Å². The third kappa shape index (κ3) is 3.48. The molecule has 1 unspecified atom stereocenters. The second-order valence-corrected chi connectivity index (χ2v) is 4.69. The van der Waals surface area contributed by atoms with Crippen molar-refractivity contribution in [3.8, 4) is 11.8 Å². The fourth-order valence-corrected chi connectivity index (χ4v) is 2.04. The molecule has 1 rings (SSSR count). The summed E-state index contributed by atoms with van der Waals surface area (Å²) in [6.07, 6.45) is 1.34. The van der Waals surface area contributed by atoms with Crippen LogP contribution in [0.5, 0.6) is 5.75 Å². The van der Waals surface area contributed by atoms with Gasteiger partial charge in [-0.3, -0.25) is 0 Å². The average Bonchev–Trinajstić information content (AvgIpc) is 2.39. The predicted molar refractivity (Wildman–Crippen MR) is 73.7 cm³/mol. The Balaban J connectivity index is 3.03. The molecule has 98 valence electrons. The highest BCUT2D eigenvalue weighted by molar-refractivity contribution is 5.40. The molecule has 0 fully saturated rings. The lowest BCUT2D eigenvalue weighted by molar-refractivity contribution is 0.398. The molecule has 0 aliphatic rings. The third-order valence-electron chi connectivity index (χ3n) is 3.19. The van der Waals surface area contributed by atoms with E-state index in [-0.39, 0.29) is 6.04 Å². The van der Waals surface area contributed by atoms with Crippen LogP contribution in [0.1, 0.15) is 49.8 Å².